The highest BCUT2D eigenvalue weighted by molar-refractivity contribution is 6.44. The molecule has 0 N–H and O–H groups in total. The first kappa shape index (κ1) is 11.8. The maximum absolute atomic E-state index is 12.0. The van der Waals surface area contributed by atoms with Crippen LogP contribution in [0.3, 0.4) is 0 Å². The van der Waals surface area contributed by atoms with E-state index in [2.05, 4.69) is 0 Å². The summed E-state index contributed by atoms with van der Waals surface area (Å²) in [5.41, 5.74) is 0. The van der Waals surface area contributed by atoms with E-state index in [9.17, 15) is 14.4 Å². The van der Waals surface area contributed by atoms with Crippen molar-refractivity contribution in [3.05, 3.63) is 12.2 Å². The van der Waals surface area contributed by atoms with E-state index in [1.165, 1.54) is 0 Å². The zero-order valence-electron chi connectivity index (χ0n) is 10.0. The normalized spacial score (nSPS) is 25.4. The molecule has 5 nitrogen and oxygen atoms in total. The molecule has 0 saturated carbocycles. The van der Waals surface area contributed by atoms with Crippen LogP contribution in [0.5, 0.6) is 0 Å². The number of amides is 4. The monoisotopic (exact) mass is 236 g/mol. The molecule has 1 aliphatic carbocycles. The maximum Gasteiger partial charge on any atom is 0.335 e. The van der Waals surface area contributed by atoms with Crippen LogP contribution in [0.4, 0.5) is 4.79 Å². The summed E-state index contributed by atoms with van der Waals surface area (Å²) in [7, 11) is 0. The zero-order valence-corrected chi connectivity index (χ0v) is 10.0. The minimum Gasteiger partial charge on any atom is -0.263 e. The quantitative estimate of drug-likeness (QED) is 0.412. The van der Waals surface area contributed by atoms with Crippen LogP contribution in [0.15, 0.2) is 12.2 Å². The molecule has 1 saturated heterocycles. The third-order valence-corrected chi connectivity index (χ3v) is 3.11. The van der Waals surface area contributed by atoms with Crippen molar-refractivity contribution in [2.45, 2.75) is 45.2 Å². The Hall–Kier alpha value is -1.65. The summed E-state index contributed by atoms with van der Waals surface area (Å²) in [4.78, 5) is 37.7. The van der Waals surface area contributed by atoms with E-state index in [4.69, 9.17) is 0 Å². The molecule has 92 valence electrons. The fourth-order valence-electron chi connectivity index (χ4n) is 2.25. The lowest BCUT2D eigenvalue weighted by Gasteiger charge is -2.25. The highest BCUT2D eigenvalue weighted by atomic mass is 16.2. The SMILES string of the molecule is CC(C)N1C(=O)C(=O)N(C2C=CCCC2)C1=O. The van der Waals surface area contributed by atoms with Gasteiger partial charge in [-0.2, -0.15) is 0 Å². The predicted molar refractivity (Wildman–Crippen MR) is 61.0 cm³/mol. The van der Waals surface area contributed by atoms with Gasteiger partial charge in [0.25, 0.3) is 0 Å². The number of allylic oxidation sites excluding steroid dienone is 1. The lowest BCUT2D eigenvalue weighted by molar-refractivity contribution is -0.144. The Bertz CT molecular complexity index is 401. The van der Waals surface area contributed by atoms with E-state index in [-0.39, 0.29) is 12.1 Å². The predicted octanol–water partition coefficient (Wildman–Crippen LogP) is 1.29. The fourth-order valence-corrected chi connectivity index (χ4v) is 2.25. The summed E-state index contributed by atoms with van der Waals surface area (Å²) in [6.45, 7) is 3.45. The van der Waals surface area contributed by atoms with Crippen LogP contribution in [-0.2, 0) is 9.59 Å². The molecule has 1 heterocycles. The first-order chi connectivity index (χ1) is 8.04. The molecule has 1 fully saturated rings. The van der Waals surface area contributed by atoms with Gasteiger partial charge >= 0.3 is 17.8 Å². The summed E-state index contributed by atoms with van der Waals surface area (Å²) in [5.74, 6) is -1.40. The molecule has 2 rings (SSSR count). The van der Waals surface area contributed by atoms with Crippen molar-refractivity contribution in [1.82, 2.24) is 9.80 Å². The average molecular weight is 236 g/mol. The molecule has 5 heteroatoms. The number of carbonyl (C=O) groups is 3. The molecule has 0 spiro atoms. The van der Waals surface area contributed by atoms with Gasteiger partial charge < -0.3 is 0 Å². The van der Waals surface area contributed by atoms with Crippen LogP contribution in [0.1, 0.15) is 33.1 Å². The van der Waals surface area contributed by atoms with Crippen molar-refractivity contribution in [2.75, 3.05) is 0 Å². The molecule has 0 aromatic rings. The Morgan fingerprint density at radius 1 is 1.24 bits per heavy atom. The smallest absolute Gasteiger partial charge is 0.263 e. The average Bonchev–Trinajstić information content (AvgIpc) is 2.51. The number of nitrogens with zero attached hydrogens (tertiary/aromatic N) is 2. The van der Waals surface area contributed by atoms with Crippen molar-refractivity contribution in [2.24, 2.45) is 0 Å². The van der Waals surface area contributed by atoms with E-state index in [1.807, 2.05) is 12.2 Å². The molecular formula is C12H16N2O3. The van der Waals surface area contributed by atoms with Crippen LogP contribution in [0.2, 0.25) is 0 Å². The third-order valence-electron chi connectivity index (χ3n) is 3.11. The lowest BCUT2D eigenvalue weighted by atomic mass is 10.0. The molecule has 1 atom stereocenters. The topological polar surface area (TPSA) is 57.7 Å². The van der Waals surface area contributed by atoms with Crippen molar-refractivity contribution in [3.8, 4) is 0 Å². The van der Waals surface area contributed by atoms with E-state index in [1.54, 1.807) is 13.8 Å². The van der Waals surface area contributed by atoms with Gasteiger partial charge in [0.15, 0.2) is 0 Å². The lowest BCUT2D eigenvalue weighted by Crippen LogP contribution is -2.42. The molecule has 2 aliphatic rings. The summed E-state index contributed by atoms with van der Waals surface area (Å²) >= 11 is 0. The van der Waals surface area contributed by atoms with Gasteiger partial charge in [0.05, 0.1) is 6.04 Å². The molecular weight excluding hydrogens is 220 g/mol. The van der Waals surface area contributed by atoms with Gasteiger partial charge in [-0.05, 0) is 33.1 Å². The van der Waals surface area contributed by atoms with E-state index >= 15 is 0 Å². The van der Waals surface area contributed by atoms with E-state index < -0.39 is 17.8 Å². The molecule has 17 heavy (non-hydrogen) atoms. The summed E-state index contributed by atoms with van der Waals surface area (Å²) in [6, 6.07) is -1.01. The van der Waals surface area contributed by atoms with Crippen LogP contribution < -0.4 is 0 Å². The van der Waals surface area contributed by atoms with Crippen molar-refractivity contribution >= 4 is 17.8 Å². The Balaban J connectivity index is 2.27. The van der Waals surface area contributed by atoms with Crippen LogP contribution in [0.25, 0.3) is 0 Å². The van der Waals surface area contributed by atoms with E-state index in [0.29, 0.717) is 0 Å². The standard InChI is InChI=1S/C12H16N2O3/c1-8(2)13-10(15)11(16)14(12(13)17)9-6-4-3-5-7-9/h4,6,8-9H,3,5,7H2,1-2H3. The van der Waals surface area contributed by atoms with Gasteiger partial charge in [0, 0.05) is 6.04 Å². The summed E-state index contributed by atoms with van der Waals surface area (Å²) < 4.78 is 0. The second kappa shape index (κ2) is 4.31. The van der Waals surface area contributed by atoms with Crippen molar-refractivity contribution in [1.29, 1.82) is 0 Å². The Morgan fingerprint density at radius 2 is 1.94 bits per heavy atom. The van der Waals surface area contributed by atoms with Crippen LogP contribution in [0, 0.1) is 0 Å². The highest BCUT2D eigenvalue weighted by Crippen LogP contribution is 2.23. The second-order valence-electron chi connectivity index (χ2n) is 4.65. The van der Waals surface area contributed by atoms with Gasteiger partial charge in [-0.25, -0.2) is 9.69 Å². The molecule has 1 aliphatic heterocycles. The van der Waals surface area contributed by atoms with Crippen LogP contribution in [-0.4, -0.2) is 39.7 Å². The summed E-state index contributed by atoms with van der Waals surface area (Å²) in [6.07, 6.45) is 6.45. The summed E-state index contributed by atoms with van der Waals surface area (Å²) in [5, 5.41) is 0. The first-order valence-electron chi connectivity index (χ1n) is 5.91. The first-order valence-corrected chi connectivity index (χ1v) is 5.91. The largest absolute Gasteiger partial charge is 0.335 e. The molecule has 0 aromatic heterocycles. The third kappa shape index (κ3) is 1.85. The Labute approximate surface area is 100 Å². The minimum atomic E-state index is -0.705. The van der Waals surface area contributed by atoms with Crippen molar-refractivity contribution in [3.63, 3.8) is 0 Å². The number of rotatable bonds is 2. The van der Waals surface area contributed by atoms with Gasteiger partial charge in [0.2, 0.25) is 0 Å². The fraction of sp³-hybridized carbons (Fsp3) is 0.583. The van der Waals surface area contributed by atoms with Gasteiger partial charge in [-0.1, -0.05) is 12.2 Å². The van der Waals surface area contributed by atoms with E-state index in [0.717, 1.165) is 29.1 Å². The van der Waals surface area contributed by atoms with Crippen LogP contribution >= 0.6 is 0 Å². The number of hydrogen-bond donors (Lipinski definition) is 0. The Kier molecular flexibility index (Phi) is 3.00. The maximum atomic E-state index is 12.0. The number of hydrogen-bond acceptors (Lipinski definition) is 3. The molecule has 0 radical (unpaired) electrons. The zero-order chi connectivity index (χ0) is 12.6. The van der Waals surface area contributed by atoms with Gasteiger partial charge in [0.1, 0.15) is 0 Å². The minimum absolute atomic E-state index is 0.253. The van der Waals surface area contributed by atoms with Gasteiger partial charge in [-0.15, -0.1) is 0 Å². The molecule has 0 aromatic carbocycles. The molecule has 1 unspecified atom stereocenters. The van der Waals surface area contributed by atoms with Gasteiger partial charge in [-0.3, -0.25) is 14.5 Å². The molecule has 0 bridgehead atoms. The Morgan fingerprint density at radius 3 is 2.41 bits per heavy atom. The second-order valence-corrected chi connectivity index (χ2v) is 4.65. The number of urea groups is 1. The number of imide groups is 2. The highest BCUT2D eigenvalue weighted by Gasteiger charge is 2.48. The van der Waals surface area contributed by atoms with Crippen molar-refractivity contribution < 1.29 is 14.4 Å². The molecule has 4 amide bonds. The number of carbonyl (C=O) groups excluding carboxylic acids is 3.